The highest BCUT2D eigenvalue weighted by atomic mass is 15.1. The van der Waals surface area contributed by atoms with E-state index in [4.69, 9.17) is 0 Å². The van der Waals surface area contributed by atoms with E-state index in [1.165, 1.54) is 16.8 Å². The molecule has 2 aromatic rings. The molecule has 98 valence electrons. The van der Waals surface area contributed by atoms with Gasteiger partial charge in [0, 0.05) is 23.5 Å². The van der Waals surface area contributed by atoms with Crippen LogP contribution >= 0.6 is 0 Å². The fraction of sp³-hybridized carbons (Fsp3) is 0.538. The predicted octanol–water partition coefficient (Wildman–Crippen LogP) is 1.78. The van der Waals surface area contributed by atoms with Crippen molar-refractivity contribution in [1.82, 2.24) is 25.7 Å². The molecule has 0 fully saturated rings. The Morgan fingerprint density at radius 1 is 1.17 bits per heavy atom. The van der Waals surface area contributed by atoms with Crippen LogP contribution < -0.4 is 5.32 Å². The second-order valence-corrected chi connectivity index (χ2v) is 4.71. The number of rotatable bonds is 6. The van der Waals surface area contributed by atoms with Crippen molar-refractivity contribution in [3.8, 4) is 0 Å². The molecule has 0 saturated carbocycles. The maximum Gasteiger partial charge on any atom is 0.0638 e. The summed E-state index contributed by atoms with van der Waals surface area (Å²) in [5.41, 5.74) is 6.02. The lowest BCUT2D eigenvalue weighted by Crippen LogP contribution is -2.16. The lowest BCUT2D eigenvalue weighted by molar-refractivity contribution is 0.645. The van der Waals surface area contributed by atoms with Crippen LogP contribution in [0, 0.1) is 20.8 Å². The lowest BCUT2D eigenvalue weighted by Gasteiger charge is -2.05. The molecule has 2 heterocycles. The van der Waals surface area contributed by atoms with Crippen LogP contribution in [0.1, 0.15) is 34.6 Å². The third kappa shape index (κ3) is 2.98. The number of hydrogen-bond acceptors (Lipinski definition) is 3. The van der Waals surface area contributed by atoms with Crippen molar-refractivity contribution < 1.29 is 0 Å². The van der Waals surface area contributed by atoms with Crippen molar-refractivity contribution >= 4 is 0 Å². The van der Waals surface area contributed by atoms with E-state index in [0.29, 0.717) is 0 Å². The molecule has 0 unspecified atom stereocenters. The molecule has 0 bridgehead atoms. The molecule has 18 heavy (non-hydrogen) atoms. The largest absolute Gasteiger partial charge is 0.313 e. The zero-order chi connectivity index (χ0) is 13.0. The van der Waals surface area contributed by atoms with Crippen LogP contribution in [-0.4, -0.2) is 26.9 Å². The van der Waals surface area contributed by atoms with E-state index in [1.807, 2.05) is 13.1 Å². The molecule has 0 atom stereocenters. The molecule has 5 nitrogen and oxygen atoms in total. The van der Waals surface area contributed by atoms with E-state index in [-0.39, 0.29) is 0 Å². The number of aryl methyl sites for hydroxylation is 4. The number of aromatic nitrogens is 4. The normalized spacial score (nSPS) is 11.1. The molecule has 3 N–H and O–H groups in total. The molecule has 0 amide bonds. The van der Waals surface area contributed by atoms with Crippen molar-refractivity contribution in [3.63, 3.8) is 0 Å². The summed E-state index contributed by atoms with van der Waals surface area (Å²) in [5.74, 6) is 0. The maximum atomic E-state index is 4.19. The third-order valence-electron chi connectivity index (χ3n) is 3.32. The highest BCUT2D eigenvalue weighted by Crippen LogP contribution is 2.09. The van der Waals surface area contributed by atoms with Gasteiger partial charge in [0.05, 0.1) is 11.9 Å². The van der Waals surface area contributed by atoms with Gasteiger partial charge in [0.2, 0.25) is 0 Å². The van der Waals surface area contributed by atoms with Gasteiger partial charge in [-0.25, -0.2) is 0 Å². The van der Waals surface area contributed by atoms with Crippen LogP contribution in [-0.2, 0) is 13.0 Å². The fourth-order valence-electron chi connectivity index (χ4n) is 2.08. The predicted molar refractivity (Wildman–Crippen MR) is 71.4 cm³/mol. The van der Waals surface area contributed by atoms with Crippen LogP contribution in [0.3, 0.4) is 0 Å². The number of nitrogens with zero attached hydrogens (tertiary/aromatic N) is 2. The average Bonchev–Trinajstić information content (AvgIpc) is 2.88. The zero-order valence-electron chi connectivity index (χ0n) is 11.3. The molecular weight excluding hydrogens is 226 g/mol. The summed E-state index contributed by atoms with van der Waals surface area (Å²) < 4.78 is 0. The first kappa shape index (κ1) is 12.8. The van der Waals surface area contributed by atoms with E-state index >= 15 is 0 Å². The van der Waals surface area contributed by atoms with Crippen LogP contribution in [0.2, 0.25) is 0 Å². The van der Waals surface area contributed by atoms with Crippen molar-refractivity contribution in [2.45, 2.75) is 40.2 Å². The summed E-state index contributed by atoms with van der Waals surface area (Å²) in [6, 6.07) is 0. The van der Waals surface area contributed by atoms with Gasteiger partial charge in [-0.3, -0.25) is 10.2 Å². The molecule has 5 heteroatoms. The van der Waals surface area contributed by atoms with Gasteiger partial charge >= 0.3 is 0 Å². The van der Waals surface area contributed by atoms with Gasteiger partial charge in [0.15, 0.2) is 0 Å². The first-order valence-electron chi connectivity index (χ1n) is 6.38. The van der Waals surface area contributed by atoms with E-state index in [2.05, 4.69) is 39.6 Å². The first-order valence-corrected chi connectivity index (χ1v) is 6.38. The number of aromatic amines is 2. The summed E-state index contributed by atoms with van der Waals surface area (Å²) in [5, 5.41) is 17.6. The Hall–Kier alpha value is -1.62. The van der Waals surface area contributed by atoms with Gasteiger partial charge in [0.25, 0.3) is 0 Å². The minimum Gasteiger partial charge on any atom is -0.313 e. The van der Waals surface area contributed by atoms with Crippen molar-refractivity contribution in [2.24, 2.45) is 0 Å². The quantitative estimate of drug-likeness (QED) is 0.681. The van der Waals surface area contributed by atoms with Crippen molar-refractivity contribution in [2.75, 3.05) is 6.54 Å². The Kier molecular flexibility index (Phi) is 4.15. The molecule has 0 radical (unpaired) electrons. The van der Waals surface area contributed by atoms with Crippen molar-refractivity contribution in [3.05, 3.63) is 34.4 Å². The maximum absolute atomic E-state index is 4.19. The Bertz CT molecular complexity index is 478. The van der Waals surface area contributed by atoms with Gasteiger partial charge < -0.3 is 5.32 Å². The molecule has 0 aliphatic carbocycles. The summed E-state index contributed by atoms with van der Waals surface area (Å²) in [6.07, 6.45) is 4.11. The number of H-pyrrole nitrogens is 2. The second-order valence-electron chi connectivity index (χ2n) is 4.71. The average molecular weight is 247 g/mol. The van der Waals surface area contributed by atoms with Gasteiger partial charge in [-0.15, -0.1) is 0 Å². The zero-order valence-corrected chi connectivity index (χ0v) is 11.3. The molecule has 2 rings (SSSR count). The van der Waals surface area contributed by atoms with Gasteiger partial charge in [-0.1, -0.05) is 0 Å². The van der Waals surface area contributed by atoms with Gasteiger partial charge in [-0.05, 0) is 45.7 Å². The third-order valence-corrected chi connectivity index (χ3v) is 3.32. The van der Waals surface area contributed by atoms with Crippen molar-refractivity contribution in [1.29, 1.82) is 0 Å². The second kappa shape index (κ2) is 5.82. The minimum absolute atomic E-state index is 0.887. The molecule has 0 aliphatic rings. The Morgan fingerprint density at radius 3 is 2.61 bits per heavy atom. The lowest BCUT2D eigenvalue weighted by atomic mass is 10.1. The van der Waals surface area contributed by atoms with Crippen LogP contribution in [0.5, 0.6) is 0 Å². The smallest absolute Gasteiger partial charge is 0.0638 e. The molecule has 2 aromatic heterocycles. The van der Waals surface area contributed by atoms with Crippen LogP contribution in [0.4, 0.5) is 0 Å². The first-order chi connectivity index (χ1) is 8.68. The van der Waals surface area contributed by atoms with Crippen LogP contribution in [0.15, 0.2) is 6.20 Å². The molecule has 0 spiro atoms. The Labute approximate surface area is 107 Å². The molecule has 0 aliphatic heterocycles. The summed E-state index contributed by atoms with van der Waals surface area (Å²) >= 11 is 0. The SMILES string of the molecule is Cc1n[nH]c(C)c1CNCCCc1cn[nH]c1C. The number of hydrogen-bond donors (Lipinski definition) is 3. The van der Waals surface area contributed by atoms with Gasteiger partial charge in [-0.2, -0.15) is 10.2 Å². The summed E-state index contributed by atoms with van der Waals surface area (Å²) in [7, 11) is 0. The van der Waals surface area contributed by atoms with Gasteiger partial charge in [0.1, 0.15) is 0 Å². The topological polar surface area (TPSA) is 69.4 Å². The molecule has 0 aromatic carbocycles. The van der Waals surface area contributed by atoms with E-state index in [1.54, 1.807) is 0 Å². The number of nitrogens with one attached hydrogen (secondary N) is 3. The standard InChI is InChI=1S/C13H21N5/c1-9-12(7-15-16-9)5-4-6-14-8-13-10(2)17-18-11(13)3/h7,14H,4-6,8H2,1-3H3,(H,15,16)(H,17,18). The van der Waals surface area contributed by atoms with E-state index in [0.717, 1.165) is 37.3 Å². The molecule has 0 saturated heterocycles. The minimum atomic E-state index is 0.887. The van der Waals surface area contributed by atoms with E-state index < -0.39 is 0 Å². The summed E-state index contributed by atoms with van der Waals surface area (Å²) in [4.78, 5) is 0. The monoisotopic (exact) mass is 247 g/mol. The Morgan fingerprint density at radius 2 is 2.00 bits per heavy atom. The highest BCUT2D eigenvalue weighted by molar-refractivity contribution is 5.22. The fourth-order valence-corrected chi connectivity index (χ4v) is 2.08. The van der Waals surface area contributed by atoms with E-state index in [9.17, 15) is 0 Å². The molecular formula is C13H21N5. The van der Waals surface area contributed by atoms with Crippen LogP contribution in [0.25, 0.3) is 0 Å². The summed E-state index contributed by atoms with van der Waals surface area (Å²) in [6.45, 7) is 8.06. The Balaban J connectivity index is 1.69. The highest BCUT2D eigenvalue weighted by Gasteiger charge is 2.05.